The molecular weight excluding hydrogens is 196 g/mol. The molecule has 0 radical (unpaired) electrons. The van der Waals surface area contributed by atoms with Gasteiger partial charge in [-0.25, -0.2) is 4.98 Å². The van der Waals surface area contributed by atoms with Crippen LogP contribution >= 0.6 is 11.3 Å². The zero-order valence-corrected chi connectivity index (χ0v) is 8.84. The Bertz CT molecular complexity index is 385. The lowest BCUT2D eigenvalue weighted by molar-refractivity contribution is -0.117. The summed E-state index contributed by atoms with van der Waals surface area (Å²) in [6.45, 7) is 3.55. The second kappa shape index (κ2) is 4.68. The normalized spacial score (nSPS) is 11.4. The average molecular weight is 206 g/mol. The zero-order valence-electron chi connectivity index (χ0n) is 8.02. The number of nitrogens with zero attached hydrogens (tertiary/aromatic N) is 2. The molecule has 14 heavy (non-hydrogen) atoms. The number of ketones is 1. The standard InChI is InChI=1S/C10H10N2OS/c1-7(2)10(13)8(6-11)5-9-12-3-4-14-9/h3-5,7H,1-2H3/b8-5+. The van der Waals surface area contributed by atoms with E-state index in [1.165, 1.54) is 17.4 Å². The number of Topliss-reactive ketones (excluding diaryl/α,β-unsaturated/α-hetero) is 1. The summed E-state index contributed by atoms with van der Waals surface area (Å²) in [7, 11) is 0. The molecule has 1 aromatic rings. The molecule has 0 atom stereocenters. The van der Waals surface area contributed by atoms with Gasteiger partial charge in [-0.05, 0) is 6.08 Å². The van der Waals surface area contributed by atoms with Gasteiger partial charge in [0.2, 0.25) is 0 Å². The predicted octanol–water partition coefficient (Wildman–Crippen LogP) is 2.28. The minimum Gasteiger partial charge on any atom is -0.293 e. The summed E-state index contributed by atoms with van der Waals surface area (Å²) in [4.78, 5) is 15.5. The van der Waals surface area contributed by atoms with Crippen molar-refractivity contribution in [2.24, 2.45) is 5.92 Å². The third-order valence-corrected chi connectivity index (χ3v) is 2.35. The van der Waals surface area contributed by atoms with Gasteiger partial charge in [0.05, 0.1) is 5.57 Å². The summed E-state index contributed by atoms with van der Waals surface area (Å²) >= 11 is 1.40. The molecule has 4 heteroatoms. The summed E-state index contributed by atoms with van der Waals surface area (Å²) in [6.07, 6.45) is 3.18. The van der Waals surface area contributed by atoms with E-state index in [-0.39, 0.29) is 17.3 Å². The highest BCUT2D eigenvalue weighted by Gasteiger charge is 2.13. The SMILES string of the molecule is CC(C)C(=O)/C(C#N)=C/c1nccs1. The molecule has 0 unspecified atom stereocenters. The molecule has 0 aromatic carbocycles. The number of aromatic nitrogens is 1. The first-order valence-electron chi connectivity index (χ1n) is 4.20. The molecule has 0 saturated heterocycles. The van der Waals surface area contributed by atoms with Crippen molar-refractivity contribution in [3.05, 3.63) is 22.2 Å². The number of carbonyl (C=O) groups excluding carboxylic acids is 1. The van der Waals surface area contributed by atoms with Crippen LogP contribution in [0, 0.1) is 17.2 Å². The maximum atomic E-state index is 11.5. The van der Waals surface area contributed by atoms with Crippen LogP contribution in [0.3, 0.4) is 0 Å². The van der Waals surface area contributed by atoms with Crippen LogP contribution < -0.4 is 0 Å². The number of thiazole rings is 1. The van der Waals surface area contributed by atoms with Gasteiger partial charge in [0.25, 0.3) is 0 Å². The van der Waals surface area contributed by atoms with E-state index in [4.69, 9.17) is 5.26 Å². The van der Waals surface area contributed by atoms with Crippen LogP contribution in [0.1, 0.15) is 18.9 Å². The summed E-state index contributed by atoms with van der Waals surface area (Å²) < 4.78 is 0. The molecule has 3 nitrogen and oxygen atoms in total. The number of nitriles is 1. The van der Waals surface area contributed by atoms with Crippen LogP contribution in [0.25, 0.3) is 6.08 Å². The largest absolute Gasteiger partial charge is 0.293 e. The maximum absolute atomic E-state index is 11.5. The van der Waals surface area contributed by atoms with Gasteiger partial charge < -0.3 is 0 Å². The highest BCUT2D eigenvalue weighted by Crippen LogP contribution is 2.12. The van der Waals surface area contributed by atoms with Crippen molar-refractivity contribution in [2.75, 3.05) is 0 Å². The fourth-order valence-corrected chi connectivity index (χ4v) is 1.47. The smallest absolute Gasteiger partial charge is 0.175 e. The lowest BCUT2D eigenvalue weighted by Crippen LogP contribution is -2.08. The number of allylic oxidation sites excluding steroid dienone is 1. The van der Waals surface area contributed by atoms with Crippen molar-refractivity contribution in [1.82, 2.24) is 4.98 Å². The fourth-order valence-electron chi connectivity index (χ4n) is 0.899. The van der Waals surface area contributed by atoms with E-state index in [2.05, 4.69) is 4.98 Å². The van der Waals surface area contributed by atoms with Crippen molar-refractivity contribution >= 4 is 23.2 Å². The molecule has 0 aliphatic carbocycles. The zero-order chi connectivity index (χ0) is 10.6. The maximum Gasteiger partial charge on any atom is 0.175 e. The molecule has 0 fully saturated rings. The van der Waals surface area contributed by atoms with Gasteiger partial charge in [0.15, 0.2) is 5.78 Å². The Morgan fingerprint density at radius 1 is 1.71 bits per heavy atom. The first-order chi connectivity index (χ1) is 6.65. The number of hydrogen-bond acceptors (Lipinski definition) is 4. The quantitative estimate of drug-likeness (QED) is 0.563. The molecule has 1 rings (SSSR count). The van der Waals surface area contributed by atoms with Gasteiger partial charge in [-0.15, -0.1) is 11.3 Å². The molecular formula is C10H10N2OS. The van der Waals surface area contributed by atoms with Crippen LogP contribution in [0.2, 0.25) is 0 Å². The first kappa shape index (κ1) is 10.6. The lowest BCUT2D eigenvalue weighted by Gasteiger charge is -2.00. The summed E-state index contributed by atoms with van der Waals surface area (Å²) in [5.74, 6) is -0.288. The van der Waals surface area contributed by atoms with Gasteiger partial charge >= 0.3 is 0 Å². The molecule has 1 aromatic heterocycles. The number of carbonyl (C=O) groups is 1. The van der Waals surface area contributed by atoms with Crippen molar-refractivity contribution < 1.29 is 4.79 Å². The third-order valence-electron chi connectivity index (χ3n) is 1.63. The summed E-state index contributed by atoms with van der Waals surface area (Å²) in [5.41, 5.74) is 0.176. The van der Waals surface area contributed by atoms with Gasteiger partial charge in [-0.3, -0.25) is 4.79 Å². The minimum absolute atomic E-state index is 0.136. The topological polar surface area (TPSA) is 53.8 Å². The van der Waals surface area contributed by atoms with E-state index < -0.39 is 0 Å². The first-order valence-corrected chi connectivity index (χ1v) is 5.08. The molecule has 1 heterocycles. The monoisotopic (exact) mass is 206 g/mol. The summed E-state index contributed by atoms with van der Waals surface area (Å²) in [5, 5.41) is 11.3. The highest BCUT2D eigenvalue weighted by atomic mass is 32.1. The van der Waals surface area contributed by atoms with Gasteiger partial charge in [0.1, 0.15) is 11.1 Å². The van der Waals surface area contributed by atoms with Gasteiger partial charge in [0, 0.05) is 17.5 Å². The fraction of sp³-hybridized carbons (Fsp3) is 0.300. The van der Waals surface area contributed by atoms with Gasteiger partial charge in [-0.1, -0.05) is 13.8 Å². The van der Waals surface area contributed by atoms with E-state index >= 15 is 0 Å². The van der Waals surface area contributed by atoms with E-state index in [0.29, 0.717) is 5.01 Å². The Hall–Kier alpha value is -1.47. The molecule has 0 amide bonds. The van der Waals surface area contributed by atoms with Crippen molar-refractivity contribution in [2.45, 2.75) is 13.8 Å². The molecule has 0 saturated carbocycles. The van der Waals surface area contributed by atoms with Crippen LogP contribution in [0.4, 0.5) is 0 Å². The molecule has 0 aliphatic rings. The molecule has 0 N–H and O–H groups in total. The number of hydrogen-bond donors (Lipinski definition) is 0. The molecule has 72 valence electrons. The Morgan fingerprint density at radius 3 is 2.86 bits per heavy atom. The Morgan fingerprint density at radius 2 is 2.43 bits per heavy atom. The van der Waals surface area contributed by atoms with E-state index in [0.717, 1.165) is 0 Å². The minimum atomic E-state index is -0.152. The molecule has 0 bridgehead atoms. The van der Waals surface area contributed by atoms with Crippen LogP contribution in [0.5, 0.6) is 0 Å². The Labute approximate surface area is 86.7 Å². The van der Waals surface area contributed by atoms with Crippen molar-refractivity contribution in [3.8, 4) is 6.07 Å². The second-order valence-corrected chi connectivity index (χ2v) is 3.99. The van der Waals surface area contributed by atoms with Gasteiger partial charge in [-0.2, -0.15) is 5.26 Å². The lowest BCUT2D eigenvalue weighted by atomic mass is 10.0. The summed E-state index contributed by atoms with van der Waals surface area (Å²) in [6, 6.07) is 1.90. The predicted molar refractivity (Wildman–Crippen MR) is 55.5 cm³/mol. The molecule has 0 aliphatic heterocycles. The Kier molecular flexibility index (Phi) is 3.55. The highest BCUT2D eigenvalue weighted by molar-refractivity contribution is 7.10. The van der Waals surface area contributed by atoms with Crippen LogP contribution in [0.15, 0.2) is 17.2 Å². The van der Waals surface area contributed by atoms with Crippen molar-refractivity contribution in [1.29, 1.82) is 5.26 Å². The van der Waals surface area contributed by atoms with Crippen molar-refractivity contribution in [3.63, 3.8) is 0 Å². The van der Waals surface area contributed by atoms with Crippen LogP contribution in [-0.2, 0) is 4.79 Å². The number of rotatable bonds is 3. The van der Waals surface area contributed by atoms with E-state index in [1.807, 2.05) is 6.07 Å². The van der Waals surface area contributed by atoms with E-state index in [1.54, 1.807) is 25.4 Å². The molecule has 0 spiro atoms. The second-order valence-electron chi connectivity index (χ2n) is 3.06. The Balaban J connectivity index is 2.94. The average Bonchev–Trinajstić information content (AvgIpc) is 2.65. The van der Waals surface area contributed by atoms with E-state index in [9.17, 15) is 4.79 Å². The third kappa shape index (κ3) is 2.51. The van der Waals surface area contributed by atoms with Crippen LogP contribution in [-0.4, -0.2) is 10.8 Å².